The fraction of sp³-hybridized carbons (Fsp3) is 0.625. The van der Waals surface area contributed by atoms with Crippen molar-refractivity contribution in [2.24, 2.45) is 11.7 Å². The maximum absolute atomic E-state index is 9.96. The van der Waals surface area contributed by atoms with Crippen LogP contribution in [-0.2, 0) is 0 Å². The molecule has 1 aromatic carbocycles. The van der Waals surface area contributed by atoms with Crippen molar-refractivity contribution in [2.75, 3.05) is 13.1 Å². The third kappa shape index (κ3) is 4.51. The van der Waals surface area contributed by atoms with Crippen molar-refractivity contribution in [1.29, 1.82) is 0 Å². The van der Waals surface area contributed by atoms with Gasteiger partial charge in [-0.25, -0.2) is 0 Å². The summed E-state index contributed by atoms with van der Waals surface area (Å²) in [6, 6.07) is 7.03. The van der Waals surface area contributed by atoms with Gasteiger partial charge in [-0.2, -0.15) is 0 Å². The Labute approximate surface area is 118 Å². The number of benzene rings is 1. The summed E-state index contributed by atoms with van der Waals surface area (Å²) < 4.78 is 22.0. The summed E-state index contributed by atoms with van der Waals surface area (Å²) in [5.41, 5.74) is 6.17. The molecule has 1 aromatic rings. The third-order valence-electron chi connectivity index (χ3n) is 3.63. The smallest absolute Gasteiger partial charge is 0.119 e. The van der Waals surface area contributed by atoms with Crippen LogP contribution >= 0.6 is 0 Å². The molecule has 1 aliphatic rings. The summed E-state index contributed by atoms with van der Waals surface area (Å²) in [7, 11) is 0. The van der Waals surface area contributed by atoms with E-state index in [-0.39, 0.29) is 5.92 Å². The molecule has 2 rings (SSSR count). The first-order valence-electron chi connectivity index (χ1n) is 8.20. The lowest BCUT2D eigenvalue weighted by atomic mass is 9.90. The van der Waals surface area contributed by atoms with Gasteiger partial charge in [-0.05, 0) is 49.4 Å². The minimum atomic E-state index is -1.65. The van der Waals surface area contributed by atoms with Crippen molar-refractivity contribution in [3.05, 3.63) is 29.8 Å². The van der Waals surface area contributed by atoms with Crippen LogP contribution in [0.15, 0.2) is 24.3 Å². The van der Waals surface area contributed by atoms with E-state index in [1.807, 2.05) is 6.07 Å². The molecule has 0 aromatic heterocycles. The molecule has 106 valence electrons. The first kappa shape index (κ1) is 11.7. The zero-order valence-corrected chi connectivity index (χ0v) is 11.3. The lowest BCUT2D eigenvalue weighted by molar-refractivity contribution is 0.169. The minimum absolute atomic E-state index is 0.0520. The van der Waals surface area contributed by atoms with Crippen molar-refractivity contribution >= 4 is 0 Å². The Morgan fingerprint density at radius 3 is 2.89 bits per heavy atom. The molecule has 0 saturated heterocycles. The monoisotopic (exact) mass is 265 g/mol. The van der Waals surface area contributed by atoms with Gasteiger partial charge in [-0.3, -0.25) is 0 Å². The normalized spacial score (nSPS) is 20.5. The van der Waals surface area contributed by atoms with E-state index in [1.54, 1.807) is 18.2 Å². The fourth-order valence-corrected chi connectivity index (χ4v) is 2.48. The second-order valence-electron chi connectivity index (χ2n) is 5.22. The van der Waals surface area contributed by atoms with Crippen LogP contribution in [0.2, 0.25) is 0 Å². The average molecular weight is 265 g/mol. The highest BCUT2D eigenvalue weighted by Crippen LogP contribution is 2.26. The van der Waals surface area contributed by atoms with Crippen LogP contribution in [0.3, 0.4) is 0 Å². The van der Waals surface area contributed by atoms with E-state index in [4.69, 9.17) is 13.2 Å². The Bertz CT molecular complexity index is 448. The number of hydrogen-bond donors (Lipinski definition) is 2. The zero-order valence-electron chi connectivity index (χ0n) is 13.3. The molecule has 0 unspecified atom stereocenters. The van der Waals surface area contributed by atoms with E-state index in [1.165, 1.54) is 6.42 Å². The molecule has 0 amide bonds. The lowest BCUT2D eigenvalue weighted by Gasteiger charge is -2.22. The molecule has 3 N–H and O–H groups in total. The SMILES string of the molecule is [2H]C([2H])(Oc1cccc([C@H](O)CCN)c1)C1CCCCC1. The Kier molecular flexibility index (Phi) is 4.64. The number of rotatable bonds is 6. The second kappa shape index (κ2) is 7.51. The number of ether oxygens (including phenoxy) is 1. The standard InChI is InChI=1S/C16H25NO2/c17-10-9-16(18)14-7-4-8-15(11-14)19-12-13-5-2-1-3-6-13/h4,7-8,11,13,16,18H,1-3,5-6,9-10,12,17H2/t16-/m1/s1/i12D2. The molecule has 1 saturated carbocycles. The van der Waals surface area contributed by atoms with Crippen molar-refractivity contribution in [1.82, 2.24) is 0 Å². The summed E-state index contributed by atoms with van der Waals surface area (Å²) in [6.07, 6.45) is 4.95. The van der Waals surface area contributed by atoms with Gasteiger partial charge in [0.15, 0.2) is 0 Å². The largest absolute Gasteiger partial charge is 0.493 e. The van der Waals surface area contributed by atoms with E-state index in [2.05, 4.69) is 0 Å². The molecule has 0 bridgehead atoms. The molecule has 3 heteroatoms. The van der Waals surface area contributed by atoms with E-state index in [0.717, 1.165) is 31.2 Å². The van der Waals surface area contributed by atoms with Gasteiger partial charge < -0.3 is 15.6 Å². The summed E-state index contributed by atoms with van der Waals surface area (Å²) >= 11 is 0. The van der Waals surface area contributed by atoms with Gasteiger partial charge >= 0.3 is 0 Å². The van der Waals surface area contributed by atoms with Gasteiger partial charge in [0.25, 0.3) is 0 Å². The molecule has 1 fully saturated rings. The summed E-state index contributed by atoms with van der Waals surface area (Å²) in [4.78, 5) is 0. The molecule has 0 spiro atoms. The first-order valence-corrected chi connectivity index (χ1v) is 7.20. The predicted octanol–water partition coefficient (Wildman–Crippen LogP) is 3.03. The van der Waals surface area contributed by atoms with Crippen LogP contribution in [-0.4, -0.2) is 18.2 Å². The van der Waals surface area contributed by atoms with E-state index < -0.39 is 12.7 Å². The molecule has 19 heavy (non-hydrogen) atoms. The van der Waals surface area contributed by atoms with Gasteiger partial charge in [-0.1, -0.05) is 31.4 Å². The molecule has 0 heterocycles. The van der Waals surface area contributed by atoms with E-state index in [0.29, 0.717) is 18.7 Å². The quantitative estimate of drug-likeness (QED) is 0.831. The summed E-state index contributed by atoms with van der Waals surface area (Å²) in [5.74, 6) is 0.419. The summed E-state index contributed by atoms with van der Waals surface area (Å²) in [6.45, 7) is -1.24. The minimum Gasteiger partial charge on any atom is -0.493 e. The van der Waals surface area contributed by atoms with Gasteiger partial charge in [0.1, 0.15) is 5.75 Å². The third-order valence-corrected chi connectivity index (χ3v) is 3.63. The van der Waals surface area contributed by atoms with E-state index >= 15 is 0 Å². The van der Waals surface area contributed by atoms with Crippen LogP contribution in [0.25, 0.3) is 0 Å². The van der Waals surface area contributed by atoms with Crippen molar-refractivity contribution in [3.8, 4) is 5.75 Å². The Balaban J connectivity index is 2.05. The molecule has 1 atom stereocenters. The van der Waals surface area contributed by atoms with Crippen LogP contribution in [0.1, 0.15) is 52.9 Å². The molecule has 0 radical (unpaired) electrons. The van der Waals surface area contributed by atoms with Crippen molar-refractivity contribution < 1.29 is 12.6 Å². The highest BCUT2D eigenvalue weighted by atomic mass is 16.5. The number of aliphatic hydroxyl groups excluding tert-OH is 1. The number of hydrogen-bond acceptors (Lipinski definition) is 3. The molecule has 0 aliphatic heterocycles. The Hall–Kier alpha value is -1.06. The lowest BCUT2D eigenvalue weighted by Crippen LogP contribution is -2.15. The fourth-order valence-electron chi connectivity index (χ4n) is 2.48. The molecule has 1 aliphatic carbocycles. The molecule has 3 nitrogen and oxygen atoms in total. The van der Waals surface area contributed by atoms with Crippen LogP contribution in [0.5, 0.6) is 5.75 Å². The van der Waals surface area contributed by atoms with Crippen LogP contribution in [0.4, 0.5) is 0 Å². The average Bonchev–Trinajstić information content (AvgIpc) is 2.48. The Morgan fingerprint density at radius 2 is 2.16 bits per heavy atom. The van der Waals surface area contributed by atoms with Gasteiger partial charge in [-0.15, -0.1) is 0 Å². The topological polar surface area (TPSA) is 55.5 Å². The Morgan fingerprint density at radius 1 is 1.37 bits per heavy atom. The van der Waals surface area contributed by atoms with E-state index in [9.17, 15) is 5.11 Å². The van der Waals surface area contributed by atoms with Gasteiger partial charge in [0.05, 0.1) is 15.4 Å². The van der Waals surface area contributed by atoms with Crippen LogP contribution in [0, 0.1) is 5.92 Å². The van der Waals surface area contributed by atoms with Crippen LogP contribution < -0.4 is 10.5 Å². The maximum Gasteiger partial charge on any atom is 0.119 e. The second-order valence-corrected chi connectivity index (χ2v) is 5.22. The first-order chi connectivity index (χ1) is 10.0. The van der Waals surface area contributed by atoms with Gasteiger partial charge in [0.2, 0.25) is 0 Å². The highest BCUT2D eigenvalue weighted by molar-refractivity contribution is 5.29. The predicted molar refractivity (Wildman–Crippen MR) is 77.1 cm³/mol. The number of aliphatic hydroxyl groups is 1. The maximum atomic E-state index is 9.96. The summed E-state index contributed by atoms with van der Waals surface area (Å²) in [5, 5.41) is 9.96. The zero-order chi connectivity index (χ0) is 15.3. The molecular formula is C16H25NO2. The highest BCUT2D eigenvalue weighted by Gasteiger charge is 2.14. The van der Waals surface area contributed by atoms with Crippen molar-refractivity contribution in [2.45, 2.75) is 44.6 Å². The van der Waals surface area contributed by atoms with Crippen molar-refractivity contribution in [3.63, 3.8) is 0 Å². The van der Waals surface area contributed by atoms with Gasteiger partial charge in [0, 0.05) is 0 Å². The molecular weight excluding hydrogens is 238 g/mol. The number of nitrogens with two attached hydrogens (primary N) is 1.